The highest BCUT2D eigenvalue weighted by Crippen LogP contribution is 2.29. The molecule has 1 N–H and O–H groups in total. The molecule has 0 atom stereocenters. The molecule has 0 amide bonds. The Morgan fingerprint density at radius 3 is 2.89 bits per heavy atom. The van der Waals surface area contributed by atoms with Gasteiger partial charge in [0.15, 0.2) is 0 Å². The predicted molar refractivity (Wildman–Crippen MR) is 74.9 cm³/mol. The number of hydrogen-bond donors (Lipinski definition) is 1. The summed E-state index contributed by atoms with van der Waals surface area (Å²) < 4.78 is 5.89. The zero-order valence-electron chi connectivity index (χ0n) is 11.2. The van der Waals surface area contributed by atoms with Gasteiger partial charge < -0.3 is 10.1 Å². The van der Waals surface area contributed by atoms with Gasteiger partial charge in [-0.05, 0) is 49.4 Å². The number of fused-ring (bicyclic) bond motifs is 1. The van der Waals surface area contributed by atoms with Crippen LogP contribution in [0.4, 0.5) is 5.95 Å². The third-order valence-corrected chi connectivity index (χ3v) is 3.43. The van der Waals surface area contributed by atoms with E-state index in [4.69, 9.17) is 4.74 Å². The van der Waals surface area contributed by atoms with Crippen LogP contribution in [0.3, 0.4) is 0 Å². The van der Waals surface area contributed by atoms with Gasteiger partial charge in [-0.15, -0.1) is 0 Å². The molecule has 0 saturated carbocycles. The van der Waals surface area contributed by atoms with Gasteiger partial charge in [-0.3, -0.25) is 0 Å². The van der Waals surface area contributed by atoms with Crippen molar-refractivity contribution < 1.29 is 4.74 Å². The number of nitrogens with one attached hydrogen (secondary N) is 1. The van der Waals surface area contributed by atoms with Gasteiger partial charge in [-0.2, -0.15) is 4.98 Å². The molecule has 0 saturated heterocycles. The highest BCUT2D eigenvalue weighted by Gasteiger charge is 2.12. The summed E-state index contributed by atoms with van der Waals surface area (Å²) in [5.41, 5.74) is 3.78. The third kappa shape index (κ3) is 2.38. The van der Waals surface area contributed by atoms with Crippen molar-refractivity contribution in [3.8, 4) is 11.6 Å². The van der Waals surface area contributed by atoms with Crippen molar-refractivity contribution in [2.45, 2.75) is 26.2 Å². The fourth-order valence-electron chi connectivity index (χ4n) is 2.37. The van der Waals surface area contributed by atoms with Crippen molar-refractivity contribution in [2.24, 2.45) is 0 Å². The second kappa shape index (κ2) is 4.88. The molecule has 4 nitrogen and oxygen atoms in total. The molecule has 0 radical (unpaired) electrons. The third-order valence-electron chi connectivity index (χ3n) is 3.43. The van der Waals surface area contributed by atoms with Crippen LogP contribution in [-0.2, 0) is 12.8 Å². The number of hydrogen-bond acceptors (Lipinski definition) is 4. The Morgan fingerprint density at radius 1 is 1.21 bits per heavy atom. The summed E-state index contributed by atoms with van der Waals surface area (Å²) in [6, 6.07) is 6.31. The van der Waals surface area contributed by atoms with Crippen LogP contribution in [0.25, 0.3) is 0 Å². The minimum Gasteiger partial charge on any atom is -0.439 e. The second-order valence-electron chi connectivity index (χ2n) is 4.82. The average Bonchev–Trinajstić information content (AvgIpc) is 2.89. The van der Waals surface area contributed by atoms with Gasteiger partial charge >= 0.3 is 0 Å². The van der Waals surface area contributed by atoms with Crippen LogP contribution in [0.5, 0.6) is 11.6 Å². The number of aryl methyl sites for hydroxylation is 3. The molecule has 19 heavy (non-hydrogen) atoms. The second-order valence-corrected chi connectivity index (χ2v) is 4.82. The van der Waals surface area contributed by atoms with Crippen molar-refractivity contribution in [1.29, 1.82) is 0 Å². The van der Waals surface area contributed by atoms with E-state index in [2.05, 4.69) is 27.4 Å². The van der Waals surface area contributed by atoms with E-state index in [0.717, 1.165) is 17.7 Å². The van der Waals surface area contributed by atoms with E-state index in [9.17, 15) is 0 Å². The minimum atomic E-state index is 0.571. The van der Waals surface area contributed by atoms with Crippen LogP contribution >= 0.6 is 0 Å². The Labute approximate surface area is 112 Å². The highest BCUT2D eigenvalue weighted by molar-refractivity contribution is 5.41. The van der Waals surface area contributed by atoms with Gasteiger partial charge in [0.2, 0.25) is 11.8 Å². The van der Waals surface area contributed by atoms with E-state index < -0.39 is 0 Å². The van der Waals surface area contributed by atoms with Crippen molar-refractivity contribution in [1.82, 2.24) is 9.97 Å². The van der Waals surface area contributed by atoms with E-state index in [-0.39, 0.29) is 0 Å². The molecular weight excluding hydrogens is 238 g/mol. The molecule has 3 rings (SSSR count). The summed E-state index contributed by atoms with van der Waals surface area (Å²) in [5, 5.41) is 2.92. The monoisotopic (exact) mass is 255 g/mol. The topological polar surface area (TPSA) is 47.0 Å². The number of aromatic nitrogens is 2. The maximum Gasteiger partial charge on any atom is 0.226 e. The molecule has 2 aromatic rings. The fourth-order valence-corrected chi connectivity index (χ4v) is 2.37. The number of nitrogens with zero attached hydrogens (tertiary/aromatic N) is 2. The van der Waals surface area contributed by atoms with Crippen LogP contribution in [0.2, 0.25) is 0 Å². The average molecular weight is 255 g/mol. The molecule has 1 aromatic heterocycles. The lowest BCUT2D eigenvalue weighted by molar-refractivity contribution is 0.457. The first kappa shape index (κ1) is 12.0. The van der Waals surface area contributed by atoms with E-state index in [0.29, 0.717) is 11.8 Å². The van der Waals surface area contributed by atoms with E-state index >= 15 is 0 Å². The Hall–Kier alpha value is -2.10. The summed E-state index contributed by atoms with van der Waals surface area (Å²) >= 11 is 0. The fraction of sp³-hybridized carbons (Fsp3) is 0.333. The molecule has 0 aliphatic heterocycles. The van der Waals surface area contributed by atoms with Crippen LogP contribution in [-0.4, -0.2) is 17.0 Å². The van der Waals surface area contributed by atoms with Gasteiger partial charge in [0.05, 0.1) is 0 Å². The predicted octanol–water partition coefficient (Wildman–Crippen LogP) is 3.11. The van der Waals surface area contributed by atoms with Crippen LogP contribution in [0.15, 0.2) is 24.4 Å². The van der Waals surface area contributed by atoms with Crippen molar-refractivity contribution in [3.63, 3.8) is 0 Å². The zero-order valence-corrected chi connectivity index (χ0v) is 11.2. The van der Waals surface area contributed by atoms with Crippen molar-refractivity contribution in [3.05, 3.63) is 41.1 Å². The molecule has 0 fully saturated rings. The first-order valence-corrected chi connectivity index (χ1v) is 6.57. The number of benzene rings is 1. The van der Waals surface area contributed by atoms with Crippen LogP contribution in [0, 0.1) is 6.92 Å². The van der Waals surface area contributed by atoms with Crippen LogP contribution < -0.4 is 10.1 Å². The smallest absolute Gasteiger partial charge is 0.226 e. The van der Waals surface area contributed by atoms with Crippen LogP contribution in [0.1, 0.15) is 23.1 Å². The largest absolute Gasteiger partial charge is 0.439 e. The molecule has 1 aliphatic rings. The molecule has 1 aromatic carbocycles. The SMILES string of the molecule is CNc1ncc(C)c(Oc2ccc3c(c2)CCC3)n1. The standard InChI is InChI=1S/C15H17N3O/c1-10-9-17-15(16-2)18-14(10)19-13-7-6-11-4-3-5-12(11)8-13/h6-9H,3-5H2,1-2H3,(H,16,17,18). The Kier molecular flexibility index (Phi) is 3.07. The lowest BCUT2D eigenvalue weighted by Gasteiger charge is -2.10. The van der Waals surface area contributed by atoms with E-state index in [1.165, 1.54) is 24.0 Å². The maximum absolute atomic E-state index is 5.89. The van der Waals surface area contributed by atoms with Gasteiger partial charge in [0, 0.05) is 18.8 Å². The van der Waals surface area contributed by atoms with E-state index in [1.807, 2.05) is 13.0 Å². The molecular formula is C15H17N3O. The molecule has 0 unspecified atom stereocenters. The van der Waals surface area contributed by atoms with Gasteiger partial charge in [0.25, 0.3) is 0 Å². The molecule has 0 spiro atoms. The molecule has 98 valence electrons. The highest BCUT2D eigenvalue weighted by atomic mass is 16.5. The Balaban J connectivity index is 1.88. The van der Waals surface area contributed by atoms with Gasteiger partial charge in [0.1, 0.15) is 5.75 Å². The molecule has 1 heterocycles. The Bertz CT molecular complexity index is 610. The minimum absolute atomic E-state index is 0.571. The normalized spacial score (nSPS) is 13.2. The quantitative estimate of drug-likeness (QED) is 0.915. The number of rotatable bonds is 3. The molecule has 1 aliphatic carbocycles. The summed E-state index contributed by atoms with van der Waals surface area (Å²) in [4.78, 5) is 8.49. The zero-order chi connectivity index (χ0) is 13.2. The first-order valence-electron chi connectivity index (χ1n) is 6.57. The summed E-state index contributed by atoms with van der Waals surface area (Å²) in [5.74, 6) is 2.03. The lowest BCUT2D eigenvalue weighted by atomic mass is 10.1. The number of anilines is 1. The molecule has 0 bridgehead atoms. The first-order chi connectivity index (χ1) is 9.26. The summed E-state index contributed by atoms with van der Waals surface area (Å²) in [6.07, 6.45) is 5.35. The van der Waals surface area contributed by atoms with Crippen molar-refractivity contribution >= 4 is 5.95 Å². The van der Waals surface area contributed by atoms with Gasteiger partial charge in [-0.25, -0.2) is 4.98 Å². The Morgan fingerprint density at radius 2 is 2.05 bits per heavy atom. The van der Waals surface area contributed by atoms with Gasteiger partial charge in [-0.1, -0.05) is 6.07 Å². The van der Waals surface area contributed by atoms with Crippen molar-refractivity contribution in [2.75, 3.05) is 12.4 Å². The number of ether oxygens (including phenoxy) is 1. The summed E-state index contributed by atoms with van der Waals surface area (Å²) in [7, 11) is 1.80. The summed E-state index contributed by atoms with van der Waals surface area (Å²) in [6.45, 7) is 1.95. The lowest BCUT2D eigenvalue weighted by Crippen LogP contribution is -2.00. The van der Waals surface area contributed by atoms with E-state index in [1.54, 1.807) is 13.2 Å². The maximum atomic E-state index is 5.89. The molecule has 4 heteroatoms.